The fourth-order valence-corrected chi connectivity index (χ4v) is 2.28. The normalized spacial score (nSPS) is 11.3. The predicted molar refractivity (Wildman–Crippen MR) is 80.7 cm³/mol. The highest BCUT2D eigenvalue weighted by Crippen LogP contribution is 2.16. The van der Waals surface area contributed by atoms with Gasteiger partial charge in [0.1, 0.15) is 0 Å². The lowest BCUT2D eigenvalue weighted by atomic mass is 10.2. The second kappa shape index (κ2) is 7.31. The summed E-state index contributed by atoms with van der Waals surface area (Å²) in [7, 11) is 0. The molecule has 0 aliphatic heterocycles. The maximum atomic E-state index is 5.31. The summed E-state index contributed by atoms with van der Waals surface area (Å²) in [5.74, 6) is 0. The molecule has 3 nitrogen and oxygen atoms in total. The van der Waals surface area contributed by atoms with Crippen molar-refractivity contribution in [2.24, 2.45) is 0 Å². The van der Waals surface area contributed by atoms with Crippen molar-refractivity contribution in [3.8, 4) is 0 Å². The average molecular weight is 260 g/mol. The summed E-state index contributed by atoms with van der Waals surface area (Å²) in [6.07, 6.45) is 3.26. The molecule has 0 saturated carbocycles. The molecule has 0 bridgehead atoms. The van der Waals surface area contributed by atoms with Gasteiger partial charge in [-0.15, -0.1) is 0 Å². The molecule has 0 aliphatic carbocycles. The van der Waals surface area contributed by atoms with Gasteiger partial charge < -0.3 is 14.6 Å². The van der Waals surface area contributed by atoms with Crippen LogP contribution in [0.3, 0.4) is 0 Å². The van der Waals surface area contributed by atoms with Crippen LogP contribution in [-0.2, 0) is 11.3 Å². The summed E-state index contributed by atoms with van der Waals surface area (Å²) in [6, 6.07) is 8.81. The third-order valence-electron chi connectivity index (χ3n) is 3.30. The van der Waals surface area contributed by atoms with Crippen LogP contribution in [0.1, 0.15) is 18.9 Å². The summed E-state index contributed by atoms with van der Waals surface area (Å²) < 4.78 is 7.62. The minimum Gasteiger partial charge on any atom is -0.382 e. The summed E-state index contributed by atoms with van der Waals surface area (Å²) >= 11 is 0. The Balaban J connectivity index is 1.76. The number of nitrogens with one attached hydrogen (secondary N) is 1. The largest absolute Gasteiger partial charge is 0.382 e. The number of nitrogens with zero attached hydrogens (tertiary/aromatic N) is 1. The van der Waals surface area contributed by atoms with Crippen molar-refractivity contribution in [3.63, 3.8) is 0 Å². The molecule has 1 aromatic heterocycles. The van der Waals surface area contributed by atoms with Crippen LogP contribution < -0.4 is 5.32 Å². The molecule has 0 unspecified atom stereocenters. The van der Waals surface area contributed by atoms with E-state index < -0.39 is 0 Å². The average Bonchev–Trinajstić information content (AvgIpc) is 2.80. The van der Waals surface area contributed by atoms with Crippen LogP contribution in [0, 0.1) is 6.92 Å². The van der Waals surface area contributed by atoms with Gasteiger partial charge in [-0.2, -0.15) is 0 Å². The van der Waals surface area contributed by atoms with Gasteiger partial charge in [0.25, 0.3) is 0 Å². The number of ether oxygens (including phenoxy) is 1. The van der Waals surface area contributed by atoms with E-state index in [9.17, 15) is 0 Å². The van der Waals surface area contributed by atoms with E-state index in [1.165, 1.54) is 16.5 Å². The molecule has 0 saturated heterocycles. The Morgan fingerprint density at radius 2 is 2.11 bits per heavy atom. The van der Waals surface area contributed by atoms with Gasteiger partial charge in [-0.3, -0.25) is 0 Å². The van der Waals surface area contributed by atoms with E-state index in [1.807, 2.05) is 6.92 Å². The van der Waals surface area contributed by atoms with Crippen molar-refractivity contribution in [2.75, 3.05) is 26.3 Å². The lowest BCUT2D eigenvalue weighted by Gasteiger charge is -2.07. The first-order chi connectivity index (χ1) is 9.31. The lowest BCUT2D eigenvalue weighted by Crippen LogP contribution is -2.21. The highest BCUT2D eigenvalue weighted by atomic mass is 16.5. The van der Waals surface area contributed by atoms with Crippen molar-refractivity contribution in [3.05, 3.63) is 36.0 Å². The van der Waals surface area contributed by atoms with Crippen LogP contribution >= 0.6 is 0 Å². The van der Waals surface area contributed by atoms with E-state index in [1.54, 1.807) is 0 Å². The first kappa shape index (κ1) is 14.1. The molecule has 3 heteroatoms. The van der Waals surface area contributed by atoms with E-state index >= 15 is 0 Å². The van der Waals surface area contributed by atoms with Crippen LogP contribution in [-0.4, -0.2) is 30.9 Å². The standard InChI is InChI=1S/C16H24N2O/c1-3-19-12-4-8-17-9-11-18-10-7-15-13-14(2)5-6-16(15)18/h5-7,10,13,17H,3-4,8-9,11-12H2,1-2H3. The second-order valence-corrected chi connectivity index (χ2v) is 4.87. The molecule has 0 amide bonds. The summed E-state index contributed by atoms with van der Waals surface area (Å²) in [4.78, 5) is 0. The number of benzene rings is 1. The molecule has 0 fully saturated rings. The van der Waals surface area contributed by atoms with Gasteiger partial charge in [0.15, 0.2) is 0 Å². The van der Waals surface area contributed by atoms with Crippen LogP contribution in [0.15, 0.2) is 30.5 Å². The molecule has 1 aromatic carbocycles. The van der Waals surface area contributed by atoms with Gasteiger partial charge in [-0.05, 0) is 50.4 Å². The molecule has 1 N–H and O–H groups in total. The molecule has 104 valence electrons. The number of rotatable bonds is 8. The van der Waals surface area contributed by atoms with Gasteiger partial charge in [0.2, 0.25) is 0 Å². The molecule has 19 heavy (non-hydrogen) atoms. The molecule has 2 rings (SSSR count). The zero-order valence-corrected chi connectivity index (χ0v) is 12.0. The Morgan fingerprint density at radius 3 is 2.95 bits per heavy atom. The van der Waals surface area contributed by atoms with Crippen LogP contribution in [0.5, 0.6) is 0 Å². The van der Waals surface area contributed by atoms with Gasteiger partial charge in [0, 0.05) is 38.0 Å². The first-order valence-electron chi connectivity index (χ1n) is 7.15. The van der Waals surface area contributed by atoms with Gasteiger partial charge in [-0.25, -0.2) is 0 Å². The number of hydrogen-bond donors (Lipinski definition) is 1. The van der Waals surface area contributed by atoms with E-state index in [2.05, 4.69) is 47.3 Å². The molecule has 0 atom stereocenters. The Hall–Kier alpha value is -1.32. The molecule has 0 spiro atoms. The van der Waals surface area contributed by atoms with Crippen molar-refractivity contribution in [1.29, 1.82) is 0 Å². The van der Waals surface area contributed by atoms with Crippen molar-refractivity contribution in [2.45, 2.75) is 26.8 Å². The topological polar surface area (TPSA) is 26.2 Å². The van der Waals surface area contributed by atoms with Crippen molar-refractivity contribution in [1.82, 2.24) is 9.88 Å². The Kier molecular flexibility index (Phi) is 5.43. The Morgan fingerprint density at radius 1 is 1.21 bits per heavy atom. The zero-order valence-electron chi connectivity index (χ0n) is 12.0. The van der Waals surface area contributed by atoms with Crippen molar-refractivity contribution >= 4 is 10.9 Å². The Bertz CT molecular complexity index is 504. The predicted octanol–water partition coefficient (Wildman–Crippen LogP) is 2.97. The number of hydrogen-bond acceptors (Lipinski definition) is 2. The maximum Gasteiger partial charge on any atom is 0.0480 e. The first-order valence-corrected chi connectivity index (χ1v) is 7.15. The van der Waals surface area contributed by atoms with E-state index in [-0.39, 0.29) is 0 Å². The van der Waals surface area contributed by atoms with Crippen molar-refractivity contribution < 1.29 is 4.74 Å². The van der Waals surface area contributed by atoms with Gasteiger partial charge >= 0.3 is 0 Å². The van der Waals surface area contributed by atoms with E-state index in [0.717, 1.165) is 39.3 Å². The van der Waals surface area contributed by atoms with Crippen LogP contribution in [0.4, 0.5) is 0 Å². The smallest absolute Gasteiger partial charge is 0.0480 e. The quantitative estimate of drug-likeness (QED) is 0.739. The zero-order chi connectivity index (χ0) is 13.5. The maximum absolute atomic E-state index is 5.31. The summed E-state index contributed by atoms with van der Waals surface area (Å²) in [6.45, 7) is 8.89. The number of fused-ring (bicyclic) bond motifs is 1. The molecular weight excluding hydrogens is 236 g/mol. The minimum absolute atomic E-state index is 0.814. The number of aromatic nitrogens is 1. The lowest BCUT2D eigenvalue weighted by molar-refractivity contribution is 0.145. The van der Waals surface area contributed by atoms with E-state index in [4.69, 9.17) is 4.74 Å². The number of aryl methyl sites for hydroxylation is 1. The summed E-state index contributed by atoms with van der Waals surface area (Å²) in [5, 5.41) is 4.79. The van der Waals surface area contributed by atoms with E-state index in [0.29, 0.717) is 0 Å². The molecule has 2 aromatic rings. The Labute approximate surface area is 115 Å². The van der Waals surface area contributed by atoms with Crippen LogP contribution in [0.2, 0.25) is 0 Å². The fraction of sp³-hybridized carbons (Fsp3) is 0.500. The molecule has 1 heterocycles. The highest BCUT2D eigenvalue weighted by molar-refractivity contribution is 5.80. The molecule has 0 aliphatic rings. The summed E-state index contributed by atoms with van der Waals surface area (Å²) in [5.41, 5.74) is 2.64. The molecular formula is C16H24N2O. The minimum atomic E-state index is 0.814. The fourth-order valence-electron chi connectivity index (χ4n) is 2.28. The van der Waals surface area contributed by atoms with Crippen LogP contribution in [0.25, 0.3) is 10.9 Å². The highest BCUT2D eigenvalue weighted by Gasteiger charge is 2.00. The third kappa shape index (κ3) is 4.08. The monoisotopic (exact) mass is 260 g/mol. The van der Waals surface area contributed by atoms with Gasteiger partial charge in [-0.1, -0.05) is 11.6 Å². The third-order valence-corrected chi connectivity index (χ3v) is 3.30. The molecule has 0 radical (unpaired) electrons. The van der Waals surface area contributed by atoms with Gasteiger partial charge in [0.05, 0.1) is 0 Å². The second-order valence-electron chi connectivity index (χ2n) is 4.87. The SMILES string of the molecule is CCOCCCNCCn1ccc2cc(C)ccc21.